The Morgan fingerprint density at radius 1 is 1.15 bits per heavy atom. The Hall–Kier alpha value is -1.10. The van der Waals surface area contributed by atoms with Crippen LogP contribution in [0, 0.1) is 0 Å². The summed E-state index contributed by atoms with van der Waals surface area (Å²) < 4.78 is 0. The number of phenols is 1. The first kappa shape index (κ1) is 15.3. The van der Waals surface area contributed by atoms with Crippen molar-refractivity contribution < 1.29 is 5.11 Å². The minimum absolute atomic E-state index is 0.0399. The van der Waals surface area contributed by atoms with Crippen molar-refractivity contribution in [2.24, 2.45) is 0 Å². The van der Waals surface area contributed by atoms with Crippen LogP contribution in [0.4, 0.5) is 0 Å². The monoisotopic (exact) mass is 277 g/mol. The Morgan fingerprint density at radius 2 is 1.80 bits per heavy atom. The molecule has 0 radical (unpaired) electrons. The fourth-order valence-corrected chi connectivity index (χ4v) is 2.62. The predicted molar refractivity (Wildman–Crippen MR) is 83.0 cm³/mol. The van der Waals surface area contributed by atoms with E-state index in [4.69, 9.17) is 0 Å². The molecule has 0 aliphatic carbocycles. The van der Waals surface area contributed by atoms with Gasteiger partial charge in [-0.05, 0) is 27.0 Å². The van der Waals surface area contributed by atoms with Crippen molar-refractivity contribution >= 4 is 0 Å². The van der Waals surface area contributed by atoms with E-state index in [2.05, 4.69) is 36.0 Å². The highest BCUT2D eigenvalue weighted by Gasteiger charge is 2.23. The molecule has 0 bridgehead atoms. The molecule has 112 valence electrons. The molecule has 1 heterocycles. The SMILES string of the molecule is CN1CCN(CC(C)(C)NCc2ccccc2O)CC1. The molecule has 1 fully saturated rings. The summed E-state index contributed by atoms with van der Waals surface area (Å²) in [5.74, 6) is 0.371. The Bertz CT molecular complexity index is 425. The number of nitrogens with one attached hydrogen (secondary N) is 1. The lowest BCUT2D eigenvalue weighted by Gasteiger charge is -2.38. The van der Waals surface area contributed by atoms with Gasteiger partial charge in [0.05, 0.1) is 0 Å². The van der Waals surface area contributed by atoms with E-state index >= 15 is 0 Å². The molecule has 0 saturated carbocycles. The predicted octanol–water partition coefficient (Wildman–Crippen LogP) is 1.51. The van der Waals surface area contributed by atoms with Gasteiger partial charge in [0, 0.05) is 50.4 Å². The topological polar surface area (TPSA) is 38.7 Å². The molecule has 1 aromatic rings. The van der Waals surface area contributed by atoms with Gasteiger partial charge in [-0.3, -0.25) is 4.90 Å². The summed E-state index contributed by atoms with van der Waals surface area (Å²) >= 11 is 0. The van der Waals surface area contributed by atoms with Crippen molar-refractivity contribution in [3.63, 3.8) is 0 Å². The van der Waals surface area contributed by atoms with Crippen molar-refractivity contribution in [3.8, 4) is 5.75 Å². The lowest BCUT2D eigenvalue weighted by atomic mass is 10.0. The molecule has 2 N–H and O–H groups in total. The molecular formula is C16H27N3O. The molecule has 4 heteroatoms. The van der Waals surface area contributed by atoms with Crippen molar-refractivity contribution in [1.29, 1.82) is 0 Å². The van der Waals surface area contributed by atoms with Crippen LogP contribution in [0.2, 0.25) is 0 Å². The molecule has 0 atom stereocenters. The highest BCUT2D eigenvalue weighted by molar-refractivity contribution is 5.31. The van der Waals surface area contributed by atoms with E-state index in [1.165, 1.54) is 0 Å². The number of phenolic OH excluding ortho intramolecular Hbond substituents is 1. The zero-order chi connectivity index (χ0) is 14.6. The number of para-hydroxylation sites is 1. The number of nitrogens with zero attached hydrogens (tertiary/aromatic N) is 2. The second kappa shape index (κ2) is 6.57. The van der Waals surface area contributed by atoms with E-state index in [9.17, 15) is 5.11 Å². The zero-order valence-corrected chi connectivity index (χ0v) is 12.9. The molecule has 0 unspecified atom stereocenters. The van der Waals surface area contributed by atoms with Crippen molar-refractivity contribution in [1.82, 2.24) is 15.1 Å². The molecule has 1 aliphatic heterocycles. The zero-order valence-electron chi connectivity index (χ0n) is 12.9. The third-order valence-corrected chi connectivity index (χ3v) is 3.96. The number of likely N-dealkylation sites (N-methyl/N-ethyl adjacent to an activating group) is 1. The van der Waals surface area contributed by atoms with Gasteiger partial charge < -0.3 is 15.3 Å². The van der Waals surface area contributed by atoms with E-state index in [0.717, 1.165) is 38.3 Å². The number of hydrogen-bond acceptors (Lipinski definition) is 4. The van der Waals surface area contributed by atoms with E-state index in [-0.39, 0.29) is 5.54 Å². The largest absolute Gasteiger partial charge is 0.508 e. The summed E-state index contributed by atoms with van der Waals surface area (Å²) in [7, 11) is 2.18. The van der Waals surface area contributed by atoms with E-state index < -0.39 is 0 Å². The third kappa shape index (κ3) is 4.47. The first-order valence-corrected chi connectivity index (χ1v) is 7.39. The van der Waals surface area contributed by atoms with Crippen LogP contribution in [-0.2, 0) is 6.54 Å². The molecular weight excluding hydrogens is 250 g/mol. The van der Waals surface area contributed by atoms with Gasteiger partial charge in [0.2, 0.25) is 0 Å². The molecule has 4 nitrogen and oxygen atoms in total. The summed E-state index contributed by atoms with van der Waals surface area (Å²) in [6, 6.07) is 7.52. The maximum atomic E-state index is 9.80. The quantitative estimate of drug-likeness (QED) is 0.856. The van der Waals surface area contributed by atoms with Crippen LogP contribution in [0.1, 0.15) is 19.4 Å². The number of benzene rings is 1. The molecule has 0 amide bonds. The van der Waals surface area contributed by atoms with Crippen LogP contribution in [0.25, 0.3) is 0 Å². The van der Waals surface area contributed by atoms with Gasteiger partial charge in [-0.15, -0.1) is 0 Å². The van der Waals surface area contributed by atoms with Gasteiger partial charge in [-0.1, -0.05) is 18.2 Å². The first-order chi connectivity index (χ1) is 9.46. The lowest BCUT2D eigenvalue weighted by molar-refractivity contribution is 0.123. The minimum Gasteiger partial charge on any atom is -0.508 e. The van der Waals surface area contributed by atoms with Gasteiger partial charge in [-0.2, -0.15) is 0 Å². The summed E-state index contributed by atoms with van der Waals surface area (Å²) in [5, 5.41) is 13.4. The van der Waals surface area contributed by atoms with E-state index in [0.29, 0.717) is 12.3 Å². The van der Waals surface area contributed by atoms with Gasteiger partial charge in [0.25, 0.3) is 0 Å². The average Bonchev–Trinajstić information content (AvgIpc) is 2.40. The summed E-state index contributed by atoms with van der Waals surface area (Å²) in [6.45, 7) is 10.8. The first-order valence-electron chi connectivity index (χ1n) is 7.39. The summed E-state index contributed by atoms with van der Waals surface area (Å²) in [6.07, 6.45) is 0. The molecule has 20 heavy (non-hydrogen) atoms. The van der Waals surface area contributed by atoms with Gasteiger partial charge in [-0.25, -0.2) is 0 Å². The van der Waals surface area contributed by atoms with Crippen LogP contribution in [0.3, 0.4) is 0 Å². The number of piperazine rings is 1. The number of aromatic hydroxyl groups is 1. The Morgan fingerprint density at radius 3 is 2.45 bits per heavy atom. The average molecular weight is 277 g/mol. The van der Waals surface area contributed by atoms with Crippen molar-refractivity contribution in [2.75, 3.05) is 39.8 Å². The Labute approximate surface area is 122 Å². The van der Waals surface area contributed by atoms with Gasteiger partial charge in [0.15, 0.2) is 0 Å². The molecule has 1 aliphatic rings. The normalized spacial score (nSPS) is 18.4. The summed E-state index contributed by atoms with van der Waals surface area (Å²) in [4.78, 5) is 4.89. The van der Waals surface area contributed by atoms with Crippen molar-refractivity contribution in [2.45, 2.75) is 25.9 Å². The minimum atomic E-state index is 0.0399. The van der Waals surface area contributed by atoms with Crippen LogP contribution >= 0.6 is 0 Å². The van der Waals surface area contributed by atoms with E-state index in [1.807, 2.05) is 18.2 Å². The number of rotatable bonds is 5. The van der Waals surface area contributed by atoms with Crippen LogP contribution in [0.5, 0.6) is 5.75 Å². The maximum Gasteiger partial charge on any atom is 0.120 e. The summed E-state index contributed by atoms with van der Waals surface area (Å²) in [5.41, 5.74) is 0.997. The molecule has 1 aromatic carbocycles. The van der Waals surface area contributed by atoms with E-state index in [1.54, 1.807) is 6.07 Å². The second-order valence-electron chi connectivity index (χ2n) is 6.45. The third-order valence-electron chi connectivity index (χ3n) is 3.96. The fourth-order valence-electron chi connectivity index (χ4n) is 2.62. The standard InChI is InChI=1S/C16H27N3O/c1-16(2,13-19-10-8-18(3)9-11-19)17-12-14-6-4-5-7-15(14)20/h4-7,17,20H,8-13H2,1-3H3. The molecule has 0 spiro atoms. The Kier molecular flexibility index (Phi) is 5.02. The highest BCUT2D eigenvalue weighted by atomic mass is 16.3. The van der Waals surface area contributed by atoms with Crippen LogP contribution in [0.15, 0.2) is 24.3 Å². The molecule has 0 aromatic heterocycles. The smallest absolute Gasteiger partial charge is 0.120 e. The fraction of sp³-hybridized carbons (Fsp3) is 0.625. The van der Waals surface area contributed by atoms with Gasteiger partial charge in [0.1, 0.15) is 5.75 Å². The lowest BCUT2D eigenvalue weighted by Crippen LogP contribution is -2.53. The Balaban J connectivity index is 1.83. The molecule has 1 saturated heterocycles. The number of hydrogen-bond donors (Lipinski definition) is 2. The van der Waals surface area contributed by atoms with Crippen molar-refractivity contribution in [3.05, 3.63) is 29.8 Å². The maximum absolute atomic E-state index is 9.80. The second-order valence-corrected chi connectivity index (χ2v) is 6.45. The highest BCUT2D eigenvalue weighted by Crippen LogP contribution is 2.17. The van der Waals surface area contributed by atoms with Gasteiger partial charge >= 0.3 is 0 Å². The van der Waals surface area contributed by atoms with Crippen LogP contribution in [-0.4, -0.2) is 60.2 Å². The molecule has 2 rings (SSSR count). The van der Waals surface area contributed by atoms with Crippen LogP contribution < -0.4 is 5.32 Å².